The van der Waals surface area contributed by atoms with Gasteiger partial charge in [0.15, 0.2) is 6.23 Å². The highest BCUT2D eigenvalue weighted by Gasteiger charge is 2.36. The minimum absolute atomic E-state index is 0.00948. The maximum Gasteiger partial charge on any atom is 0.250 e. The van der Waals surface area contributed by atoms with Gasteiger partial charge in [-0.05, 0) is 72.6 Å². The Kier molecular flexibility index (Phi) is 9.24. The Bertz CT molecular complexity index is 1490. The van der Waals surface area contributed by atoms with Crippen molar-refractivity contribution in [3.63, 3.8) is 0 Å². The molecule has 42 heavy (non-hydrogen) atoms. The lowest BCUT2D eigenvalue weighted by atomic mass is 10.1. The summed E-state index contributed by atoms with van der Waals surface area (Å²) in [5.74, 6) is 2.07. The fourth-order valence-electron chi connectivity index (χ4n) is 5.30. The number of hydrogen-bond donors (Lipinski definition) is 1. The van der Waals surface area contributed by atoms with Crippen LogP contribution in [0.25, 0.3) is 16.9 Å². The van der Waals surface area contributed by atoms with Gasteiger partial charge in [0.1, 0.15) is 18.1 Å². The third-order valence-electron chi connectivity index (χ3n) is 7.64. The second kappa shape index (κ2) is 13.4. The lowest BCUT2D eigenvalue weighted by Crippen LogP contribution is -2.36. The molecule has 1 aromatic heterocycles. The summed E-state index contributed by atoms with van der Waals surface area (Å²) in [6.07, 6.45) is 2.02. The third-order valence-corrected chi connectivity index (χ3v) is 9.11. The van der Waals surface area contributed by atoms with E-state index in [2.05, 4.69) is 50.4 Å². The lowest BCUT2D eigenvalue weighted by Gasteiger charge is -2.26. The average molecular weight is 651 g/mol. The fourth-order valence-corrected chi connectivity index (χ4v) is 6.54. The van der Waals surface area contributed by atoms with Gasteiger partial charge in [0, 0.05) is 71.7 Å². The molecular formula is C32H33BrFN5O2S. The zero-order valence-electron chi connectivity index (χ0n) is 23.2. The molecule has 10 heteroatoms. The number of thioether (sulfide) groups is 1. The molecule has 3 heterocycles. The van der Waals surface area contributed by atoms with Crippen LogP contribution in [0.3, 0.4) is 0 Å². The predicted molar refractivity (Wildman–Crippen MR) is 169 cm³/mol. The number of benzene rings is 3. The first-order chi connectivity index (χ1) is 20.5. The largest absolute Gasteiger partial charge is 0.384 e. The number of nitrogens with one attached hydrogen (secondary N) is 1. The van der Waals surface area contributed by atoms with E-state index in [-0.39, 0.29) is 18.3 Å². The highest BCUT2D eigenvalue weighted by atomic mass is 79.9. The number of aromatic nitrogens is 2. The molecule has 2 fully saturated rings. The summed E-state index contributed by atoms with van der Waals surface area (Å²) in [4.78, 5) is 17.3. The number of carbonyl (C=O) groups excluding carboxylic acids is 1. The number of nitrogens with zero attached hydrogens (tertiary/aromatic N) is 4. The van der Waals surface area contributed by atoms with Crippen LogP contribution >= 0.6 is 27.7 Å². The van der Waals surface area contributed by atoms with Gasteiger partial charge in [-0.2, -0.15) is 16.9 Å². The topological polar surface area (TPSA) is 62.6 Å². The van der Waals surface area contributed by atoms with Gasteiger partial charge in [-0.3, -0.25) is 9.69 Å². The van der Waals surface area contributed by atoms with Gasteiger partial charge in [0.25, 0.3) is 5.91 Å². The van der Waals surface area contributed by atoms with Gasteiger partial charge in [0.05, 0.1) is 5.69 Å². The fraction of sp³-hybridized carbons (Fsp3) is 0.312. The van der Waals surface area contributed by atoms with Gasteiger partial charge >= 0.3 is 0 Å². The SMILES string of the molecule is O=C1COC(c2cn(-c3ccc(Br)cc3)nc2-c2ccc(F)cc2)N1CCc1ccc(NCCN2CCSCC2)cc1. The summed E-state index contributed by atoms with van der Waals surface area (Å²) < 4.78 is 22.5. The molecule has 1 unspecified atom stereocenters. The van der Waals surface area contributed by atoms with Crippen LogP contribution in [0.1, 0.15) is 17.4 Å². The van der Waals surface area contributed by atoms with Crippen molar-refractivity contribution in [1.82, 2.24) is 19.6 Å². The number of rotatable bonds is 10. The Morgan fingerprint density at radius 3 is 2.45 bits per heavy atom. The van der Waals surface area contributed by atoms with E-state index in [1.807, 2.05) is 42.2 Å². The first kappa shape index (κ1) is 28.9. The molecule has 2 aliphatic heterocycles. The van der Waals surface area contributed by atoms with Crippen molar-refractivity contribution in [2.75, 3.05) is 56.2 Å². The number of amides is 1. The van der Waals surface area contributed by atoms with Crippen LogP contribution in [0.15, 0.2) is 83.5 Å². The normalized spacial score (nSPS) is 17.6. The predicted octanol–water partition coefficient (Wildman–Crippen LogP) is 6.00. The Hall–Kier alpha value is -3.18. The van der Waals surface area contributed by atoms with Gasteiger partial charge in [-0.1, -0.05) is 28.1 Å². The Balaban J connectivity index is 1.16. The quantitative estimate of drug-likeness (QED) is 0.227. The van der Waals surface area contributed by atoms with Crippen LogP contribution in [0, 0.1) is 5.82 Å². The molecule has 218 valence electrons. The molecule has 2 saturated heterocycles. The second-order valence-electron chi connectivity index (χ2n) is 10.4. The molecule has 0 spiro atoms. The Labute approximate surface area is 258 Å². The molecule has 0 radical (unpaired) electrons. The van der Waals surface area contributed by atoms with E-state index in [0.717, 1.165) is 45.6 Å². The van der Waals surface area contributed by atoms with Crippen molar-refractivity contribution >= 4 is 39.3 Å². The molecule has 3 aromatic carbocycles. The number of anilines is 1. The summed E-state index contributed by atoms with van der Waals surface area (Å²) in [6.45, 7) is 4.84. The van der Waals surface area contributed by atoms with Crippen molar-refractivity contribution in [2.45, 2.75) is 12.6 Å². The zero-order chi connectivity index (χ0) is 28.9. The van der Waals surface area contributed by atoms with E-state index in [1.165, 1.54) is 36.7 Å². The molecule has 7 nitrogen and oxygen atoms in total. The first-order valence-electron chi connectivity index (χ1n) is 14.2. The van der Waals surface area contributed by atoms with Gasteiger partial charge in [-0.25, -0.2) is 9.07 Å². The second-order valence-corrected chi connectivity index (χ2v) is 12.6. The van der Waals surface area contributed by atoms with Gasteiger partial charge in [-0.15, -0.1) is 0 Å². The monoisotopic (exact) mass is 649 g/mol. The van der Waals surface area contributed by atoms with E-state index in [4.69, 9.17) is 9.84 Å². The van der Waals surface area contributed by atoms with Crippen molar-refractivity contribution in [1.29, 1.82) is 0 Å². The Morgan fingerprint density at radius 1 is 0.976 bits per heavy atom. The van der Waals surface area contributed by atoms with Gasteiger partial charge < -0.3 is 15.0 Å². The first-order valence-corrected chi connectivity index (χ1v) is 16.1. The summed E-state index contributed by atoms with van der Waals surface area (Å²) in [5.41, 5.74) is 5.30. The van der Waals surface area contributed by atoms with Crippen LogP contribution in [-0.4, -0.2) is 76.3 Å². The summed E-state index contributed by atoms with van der Waals surface area (Å²) >= 11 is 5.51. The number of carbonyl (C=O) groups is 1. The molecule has 1 amide bonds. The van der Waals surface area contributed by atoms with Crippen molar-refractivity contribution in [3.05, 3.63) is 100 Å². The summed E-state index contributed by atoms with van der Waals surface area (Å²) in [5, 5.41) is 8.37. The van der Waals surface area contributed by atoms with Crippen molar-refractivity contribution in [2.24, 2.45) is 0 Å². The zero-order valence-corrected chi connectivity index (χ0v) is 25.6. The molecule has 4 aromatic rings. The van der Waals surface area contributed by atoms with Crippen LogP contribution in [0.4, 0.5) is 10.1 Å². The van der Waals surface area contributed by atoms with Crippen LogP contribution in [0.5, 0.6) is 0 Å². The Morgan fingerprint density at radius 2 is 1.71 bits per heavy atom. The maximum atomic E-state index is 13.7. The van der Waals surface area contributed by atoms with Crippen LogP contribution < -0.4 is 5.32 Å². The summed E-state index contributed by atoms with van der Waals surface area (Å²) in [7, 11) is 0. The average Bonchev–Trinajstić information content (AvgIpc) is 3.61. The van der Waals surface area contributed by atoms with E-state index in [0.29, 0.717) is 18.7 Å². The lowest BCUT2D eigenvalue weighted by molar-refractivity contribution is -0.128. The third kappa shape index (κ3) is 6.89. The molecule has 2 aliphatic rings. The molecule has 0 aliphatic carbocycles. The number of halogens is 2. The number of ether oxygens (including phenoxy) is 1. The molecule has 6 rings (SSSR count). The van der Waals surface area contributed by atoms with Crippen LogP contribution in [-0.2, 0) is 16.0 Å². The maximum absolute atomic E-state index is 13.7. The van der Waals surface area contributed by atoms with Crippen molar-refractivity contribution < 1.29 is 13.9 Å². The smallest absolute Gasteiger partial charge is 0.250 e. The molecular weight excluding hydrogens is 617 g/mol. The summed E-state index contributed by atoms with van der Waals surface area (Å²) in [6, 6.07) is 22.5. The van der Waals surface area contributed by atoms with E-state index < -0.39 is 6.23 Å². The van der Waals surface area contributed by atoms with E-state index in [1.54, 1.807) is 21.7 Å². The van der Waals surface area contributed by atoms with Gasteiger partial charge in [0.2, 0.25) is 0 Å². The molecule has 1 N–H and O–H groups in total. The minimum atomic E-state index is -0.587. The molecule has 0 saturated carbocycles. The standard InChI is InChI=1S/C32H33BrFN5O2S/c33-25-5-11-28(12-6-25)39-21-29(31(36-39)24-3-7-26(34)8-4-24)32-38(30(40)22-41-32)15-13-23-1-9-27(10-2-23)35-14-16-37-17-19-42-20-18-37/h1-12,21,32,35H,13-20,22H2. The van der Waals surface area contributed by atoms with Crippen molar-refractivity contribution in [3.8, 4) is 16.9 Å². The highest BCUT2D eigenvalue weighted by Crippen LogP contribution is 2.35. The minimum Gasteiger partial charge on any atom is -0.384 e. The number of hydrogen-bond acceptors (Lipinski definition) is 6. The highest BCUT2D eigenvalue weighted by molar-refractivity contribution is 9.10. The van der Waals surface area contributed by atoms with E-state index in [9.17, 15) is 9.18 Å². The van der Waals surface area contributed by atoms with Crippen LogP contribution in [0.2, 0.25) is 0 Å². The van der Waals surface area contributed by atoms with E-state index >= 15 is 0 Å². The molecule has 1 atom stereocenters. The molecule has 0 bridgehead atoms.